The lowest BCUT2D eigenvalue weighted by atomic mass is 9.94. The van der Waals surface area contributed by atoms with Crippen molar-refractivity contribution in [2.45, 2.75) is 12.5 Å². The van der Waals surface area contributed by atoms with E-state index in [9.17, 15) is 9.90 Å². The Labute approximate surface area is 151 Å². The number of rotatable bonds is 3. The van der Waals surface area contributed by atoms with Crippen LogP contribution in [0.3, 0.4) is 0 Å². The summed E-state index contributed by atoms with van der Waals surface area (Å²) in [6.45, 7) is 0.802. The van der Waals surface area contributed by atoms with Crippen LogP contribution in [-0.4, -0.2) is 45.1 Å². The molecule has 132 valence electrons. The first-order chi connectivity index (χ1) is 12.6. The first-order valence-electron chi connectivity index (χ1n) is 8.64. The van der Waals surface area contributed by atoms with E-state index >= 15 is 0 Å². The van der Waals surface area contributed by atoms with Crippen molar-refractivity contribution in [3.8, 4) is 0 Å². The van der Waals surface area contributed by atoms with E-state index in [-0.39, 0.29) is 11.8 Å². The number of aliphatic hydroxyl groups is 1. The zero-order valence-electron chi connectivity index (χ0n) is 14.2. The highest BCUT2D eigenvalue weighted by molar-refractivity contribution is 5.93. The van der Waals surface area contributed by atoms with E-state index in [1.165, 1.54) is 0 Å². The number of nitrogens with zero attached hydrogens (tertiary/aromatic N) is 3. The Morgan fingerprint density at radius 1 is 1.15 bits per heavy atom. The van der Waals surface area contributed by atoms with Gasteiger partial charge in [-0.15, -0.1) is 0 Å². The number of hydrogen-bond donors (Lipinski definition) is 2. The number of likely N-dealkylation sites (tertiary alicyclic amines) is 1. The molecule has 2 aromatic heterocycles. The van der Waals surface area contributed by atoms with E-state index in [2.05, 4.69) is 9.97 Å². The molecule has 1 aliphatic rings. The van der Waals surface area contributed by atoms with Crippen LogP contribution in [0, 0.1) is 5.92 Å². The van der Waals surface area contributed by atoms with Gasteiger partial charge in [-0.05, 0) is 36.2 Å². The molecule has 1 fully saturated rings. The fourth-order valence-corrected chi connectivity index (χ4v) is 3.57. The molecule has 3 aromatic rings. The Kier molecular flexibility index (Phi) is 4.26. The maximum Gasteiger partial charge on any atom is 0.272 e. The topological polar surface area (TPSA) is 92.3 Å². The Hall–Kier alpha value is -2.99. The second-order valence-corrected chi connectivity index (χ2v) is 6.68. The summed E-state index contributed by atoms with van der Waals surface area (Å²) in [7, 11) is 0. The summed E-state index contributed by atoms with van der Waals surface area (Å²) in [4.78, 5) is 22.8. The molecule has 0 aliphatic carbocycles. The third-order valence-electron chi connectivity index (χ3n) is 4.90. The minimum atomic E-state index is -0.563. The summed E-state index contributed by atoms with van der Waals surface area (Å²) < 4.78 is 0. The van der Waals surface area contributed by atoms with E-state index in [1.807, 2.05) is 30.3 Å². The number of carbonyl (C=O) groups excluding carboxylic acids is 1. The first kappa shape index (κ1) is 16.5. The van der Waals surface area contributed by atoms with Crippen molar-refractivity contribution in [2.24, 2.45) is 5.92 Å². The number of amides is 1. The Morgan fingerprint density at radius 3 is 2.85 bits per heavy atom. The number of pyridine rings is 2. The van der Waals surface area contributed by atoms with Gasteiger partial charge in [-0.1, -0.05) is 24.3 Å². The van der Waals surface area contributed by atoms with Gasteiger partial charge in [-0.3, -0.25) is 9.78 Å². The van der Waals surface area contributed by atoms with E-state index in [1.54, 1.807) is 29.3 Å². The lowest BCUT2D eigenvalue weighted by Gasteiger charge is -2.16. The van der Waals surface area contributed by atoms with Crippen LogP contribution in [0.5, 0.6) is 0 Å². The normalized spacial score (nSPS) is 19.8. The number of aromatic nitrogens is 2. The van der Waals surface area contributed by atoms with Crippen LogP contribution < -0.4 is 5.73 Å². The van der Waals surface area contributed by atoms with Gasteiger partial charge < -0.3 is 15.7 Å². The van der Waals surface area contributed by atoms with E-state index in [0.29, 0.717) is 31.0 Å². The van der Waals surface area contributed by atoms with Crippen LogP contribution in [0.2, 0.25) is 0 Å². The van der Waals surface area contributed by atoms with Crippen molar-refractivity contribution in [3.05, 3.63) is 66.0 Å². The minimum Gasteiger partial charge on any atom is -0.391 e. The average molecular weight is 348 g/mol. The summed E-state index contributed by atoms with van der Waals surface area (Å²) in [5, 5.41) is 11.6. The van der Waals surface area contributed by atoms with Gasteiger partial charge >= 0.3 is 0 Å². The molecule has 6 heteroatoms. The van der Waals surface area contributed by atoms with Crippen molar-refractivity contribution >= 4 is 22.6 Å². The molecule has 1 saturated heterocycles. The molecular formula is C20H20N4O2. The summed E-state index contributed by atoms with van der Waals surface area (Å²) in [5.41, 5.74) is 8.05. The van der Waals surface area contributed by atoms with Crippen LogP contribution in [0.4, 0.5) is 5.82 Å². The van der Waals surface area contributed by atoms with Crippen LogP contribution in [-0.2, 0) is 6.42 Å². The third-order valence-corrected chi connectivity index (χ3v) is 4.90. The number of carbonyl (C=O) groups is 1. The van der Waals surface area contributed by atoms with Gasteiger partial charge in [0.25, 0.3) is 5.91 Å². The molecule has 1 aromatic carbocycles. The molecule has 2 atom stereocenters. The molecule has 26 heavy (non-hydrogen) atoms. The predicted octanol–water partition coefficient (Wildman–Crippen LogP) is 1.89. The fourth-order valence-electron chi connectivity index (χ4n) is 3.57. The summed E-state index contributed by atoms with van der Waals surface area (Å²) in [6.07, 6.45) is 1.92. The molecule has 3 heterocycles. The Bertz CT molecular complexity index is 954. The van der Waals surface area contributed by atoms with Gasteiger partial charge in [0.2, 0.25) is 0 Å². The SMILES string of the molecule is Nc1cccc(C(=O)N2C[C@@H](Cc3ccnc4ccccc34)[C@H](O)C2)n1. The molecule has 1 aliphatic heterocycles. The van der Waals surface area contributed by atoms with Crippen LogP contribution in [0.15, 0.2) is 54.7 Å². The van der Waals surface area contributed by atoms with Gasteiger partial charge in [0, 0.05) is 30.6 Å². The van der Waals surface area contributed by atoms with Gasteiger partial charge in [0.05, 0.1) is 11.6 Å². The highest BCUT2D eigenvalue weighted by Gasteiger charge is 2.35. The zero-order chi connectivity index (χ0) is 18.1. The van der Waals surface area contributed by atoms with Gasteiger partial charge in [-0.2, -0.15) is 0 Å². The van der Waals surface area contributed by atoms with E-state index in [4.69, 9.17) is 5.73 Å². The zero-order valence-corrected chi connectivity index (χ0v) is 14.2. The largest absolute Gasteiger partial charge is 0.391 e. The lowest BCUT2D eigenvalue weighted by molar-refractivity contribution is 0.0759. The van der Waals surface area contributed by atoms with Crippen LogP contribution in [0.1, 0.15) is 16.1 Å². The molecule has 0 bridgehead atoms. The number of β-amino-alcohol motifs (C(OH)–C–C–N with tert-alkyl or cyclic N) is 1. The standard InChI is InChI=1S/C20H20N4O2/c21-19-7-3-6-17(23-19)20(26)24-11-14(18(25)12-24)10-13-8-9-22-16-5-2-1-4-15(13)16/h1-9,14,18,25H,10-12H2,(H2,21,23)/t14-,18-/m1/s1. The summed E-state index contributed by atoms with van der Waals surface area (Å²) in [5.74, 6) is 0.0969. The molecule has 4 rings (SSSR count). The van der Waals surface area contributed by atoms with E-state index < -0.39 is 6.10 Å². The second kappa shape index (κ2) is 6.72. The number of aliphatic hydroxyl groups excluding tert-OH is 1. The molecule has 0 spiro atoms. The number of fused-ring (bicyclic) bond motifs is 1. The Balaban J connectivity index is 1.53. The fraction of sp³-hybridized carbons (Fsp3) is 0.250. The van der Waals surface area contributed by atoms with Gasteiger partial charge in [0.15, 0.2) is 0 Å². The quantitative estimate of drug-likeness (QED) is 0.754. The molecule has 0 saturated carbocycles. The number of benzene rings is 1. The third kappa shape index (κ3) is 3.11. The van der Waals surface area contributed by atoms with Crippen molar-refractivity contribution in [1.82, 2.24) is 14.9 Å². The number of nitrogens with two attached hydrogens (primary N) is 1. The lowest BCUT2D eigenvalue weighted by Crippen LogP contribution is -2.30. The van der Waals surface area contributed by atoms with Crippen molar-refractivity contribution < 1.29 is 9.90 Å². The predicted molar refractivity (Wildman–Crippen MR) is 99.5 cm³/mol. The molecule has 3 N–H and O–H groups in total. The van der Waals surface area contributed by atoms with Crippen molar-refractivity contribution in [3.63, 3.8) is 0 Å². The smallest absolute Gasteiger partial charge is 0.272 e. The van der Waals surface area contributed by atoms with Crippen LogP contribution >= 0.6 is 0 Å². The van der Waals surface area contributed by atoms with E-state index in [0.717, 1.165) is 16.5 Å². The molecule has 0 unspecified atom stereocenters. The number of nitrogen functional groups attached to an aromatic ring is 1. The molecule has 1 amide bonds. The molecule has 0 radical (unpaired) electrons. The number of hydrogen-bond acceptors (Lipinski definition) is 5. The molecular weight excluding hydrogens is 328 g/mol. The minimum absolute atomic E-state index is 0.0224. The maximum absolute atomic E-state index is 12.6. The van der Waals surface area contributed by atoms with Gasteiger partial charge in [0.1, 0.15) is 11.5 Å². The Morgan fingerprint density at radius 2 is 2.00 bits per heavy atom. The number of para-hydroxylation sites is 1. The van der Waals surface area contributed by atoms with Crippen molar-refractivity contribution in [2.75, 3.05) is 18.8 Å². The molecule has 6 nitrogen and oxygen atoms in total. The second-order valence-electron chi connectivity index (χ2n) is 6.68. The number of anilines is 1. The monoisotopic (exact) mass is 348 g/mol. The van der Waals surface area contributed by atoms with Crippen molar-refractivity contribution in [1.29, 1.82) is 0 Å². The summed E-state index contributed by atoms with van der Waals surface area (Å²) in [6, 6.07) is 15.0. The summed E-state index contributed by atoms with van der Waals surface area (Å²) >= 11 is 0. The van der Waals surface area contributed by atoms with Gasteiger partial charge in [-0.25, -0.2) is 4.98 Å². The van der Waals surface area contributed by atoms with Crippen LogP contribution in [0.25, 0.3) is 10.9 Å². The highest BCUT2D eigenvalue weighted by Crippen LogP contribution is 2.26. The highest BCUT2D eigenvalue weighted by atomic mass is 16.3. The average Bonchev–Trinajstić information content (AvgIpc) is 3.02. The maximum atomic E-state index is 12.6. The first-order valence-corrected chi connectivity index (χ1v) is 8.64.